The van der Waals surface area contributed by atoms with Crippen LogP contribution in [0.3, 0.4) is 0 Å². The Morgan fingerprint density at radius 2 is 2.10 bits per heavy atom. The van der Waals surface area contributed by atoms with Crippen LogP contribution in [0, 0.1) is 6.92 Å². The van der Waals surface area contributed by atoms with Crippen LogP contribution < -0.4 is 10.1 Å². The van der Waals surface area contributed by atoms with Crippen LogP contribution in [-0.2, 0) is 11.2 Å². The topological polar surface area (TPSA) is 30.5 Å². The predicted octanol–water partition coefficient (Wildman–Crippen LogP) is 3.73. The van der Waals surface area contributed by atoms with Gasteiger partial charge in [0.15, 0.2) is 0 Å². The summed E-state index contributed by atoms with van der Waals surface area (Å²) < 4.78 is 11.2. The Morgan fingerprint density at radius 1 is 1.24 bits per heavy atom. The van der Waals surface area contributed by atoms with Gasteiger partial charge in [0.25, 0.3) is 0 Å². The molecule has 0 aromatic heterocycles. The molecule has 0 bridgehead atoms. The second-order valence-electron chi connectivity index (χ2n) is 5.37. The lowest BCUT2D eigenvalue weighted by Gasteiger charge is -2.27. The number of aryl methyl sites for hydroxylation is 1. The van der Waals surface area contributed by atoms with Crippen molar-refractivity contribution in [2.45, 2.75) is 19.4 Å². The molecule has 1 heterocycles. The zero-order valence-electron chi connectivity index (χ0n) is 12.6. The summed E-state index contributed by atoms with van der Waals surface area (Å²) >= 11 is 0. The van der Waals surface area contributed by atoms with Crippen LogP contribution in [0.5, 0.6) is 5.75 Å². The van der Waals surface area contributed by atoms with Gasteiger partial charge in [-0.2, -0.15) is 0 Å². The first-order valence-corrected chi connectivity index (χ1v) is 7.36. The fourth-order valence-electron chi connectivity index (χ4n) is 2.81. The van der Waals surface area contributed by atoms with E-state index in [-0.39, 0.29) is 6.10 Å². The smallest absolute Gasteiger partial charge is 0.119 e. The molecule has 0 amide bonds. The molecule has 0 saturated heterocycles. The maximum Gasteiger partial charge on any atom is 0.119 e. The molecule has 2 aromatic carbocycles. The molecule has 2 aromatic rings. The molecule has 1 unspecified atom stereocenters. The monoisotopic (exact) mass is 283 g/mol. The highest BCUT2D eigenvalue weighted by Gasteiger charge is 2.20. The van der Waals surface area contributed by atoms with E-state index in [1.54, 1.807) is 7.11 Å². The van der Waals surface area contributed by atoms with Crippen molar-refractivity contribution < 1.29 is 9.47 Å². The molecular weight excluding hydrogens is 262 g/mol. The van der Waals surface area contributed by atoms with E-state index in [0.717, 1.165) is 31.0 Å². The van der Waals surface area contributed by atoms with Gasteiger partial charge in [0.1, 0.15) is 5.75 Å². The molecule has 0 fully saturated rings. The maximum atomic E-state index is 5.92. The highest BCUT2D eigenvalue weighted by atomic mass is 16.5. The van der Waals surface area contributed by atoms with E-state index in [9.17, 15) is 0 Å². The van der Waals surface area contributed by atoms with Crippen LogP contribution in [0.1, 0.15) is 22.8 Å². The molecule has 3 heteroatoms. The predicted molar refractivity (Wildman–Crippen MR) is 85.1 cm³/mol. The van der Waals surface area contributed by atoms with Crippen LogP contribution in [0.4, 0.5) is 5.69 Å². The summed E-state index contributed by atoms with van der Waals surface area (Å²) in [6.45, 7) is 3.66. The third kappa shape index (κ3) is 3.03. The van der Waals surface area contributed by atoms with Crippen molar-refractivity contribution in [1.82, 2.24) is 0 Å². The van der Waals surface area contributed by atoms with E-state index in [2.05, 4.69) is 42.6 Å². The maximum absolute atomic E-state index is 5.92. The SMILES string of the molecule is COc1ccc(NCC2OCCc3ccccc32)c(C)c1. The van der Waals surface area contributed by atoms with E-state index in [0.29, 0.717) is 0 Å². The Kier molecular flexibility index (Phi) is 4.11. The van der Waals surface area contributed by atoms with E-state index < -0.39 is 0 Å². The van der Waals surface area contributed by atoms with Crippen molar-refractivity contribution >= 4 is 5.69 Å². The summed E-state index contributed by atoms with van der Waals surface area (Å²) in [5.74, 6) is 0.886. The second kappa shape index (κ2) is 6.19. The van der Waals surface area contributed by atoms with Gasteiger partial charge in [0, 0.05) is 12.2 Å². The lowest BCUT2D eigenvalue weighted by Crippen LogP contribution is -2.22. The number of methoxy groups -OCH3 is 1. The molecule has 21 heavy (non-hydrogen) atoms. The van der Waals surface area contributed by atoms with Gasteiger partial charge >= 0.3 is 0 Å². The largest absolute Gasteiger partial charge is 0.497 e. The molecule has 3 rings (SSSR count). The highest BCUT2D eigenvalue weighted by Crippen LogP contribution is 2.28. The Labute approximate surface area is 125 Å². The van der Waals surface area contributed by atoms with Gasteiger partial charge in [0.05, 0.1) is 19.8 Å². The summed E-state index contributed by atoms with van der Waals surface area (Å²) in [6.07, 6.45) is 1.13. The number of anilines is 1. The number of hydrogen-bond acceptors (Lipinski definition) is 3. The third-order valence-corrected chi connectivity index (χ3v) is 4.00. The summed E-state index contributed by atoms with van der Waals surface area (Å²) in [6, 6.07) is 14.6. The molecule has 1 aliphatic rings. The summed E-state index contributed by atoms with van der Waals surface area (Å²) in [5, 5.41) is 3.49. The Balaban J connectivity index is 1.71. The molecule has 1 aliphatic heterocycles. The van der Waals surface area contributed by atoms with E-state index in [4.69, 9.17) is 9.47 Å². The van der Waals surface area contributed by atoms with Crippen LogP contribution in [0.15, 0.2) is 42.5 Å². The van der Waals surface area contributed by atoms with Crippen molar-refractivity contribution in [2.24, 2.45) is 0 Å². The second-order valence-corrected chi connectivity index (χ2v) is 5.37. The molecular formula is C18H21NO2. The molecule has 0 radical (unpaired) electrons. The van der Waals surface area contributed by atoms with E-state index >= 15 is 0 Å². The van der Waals surface area contributed by atoms with Gasteiger partial charge in [-0.05, 0) is 48.2 Å². The van der Waals surface area contributed by atoms with Gasteiger partial charge in [-0.25, -0.2) is 0 Å². The summed E-state index contributed by atoms with van der Waals surface area (Å²) in [4.78, 5) is 0. The van der Waals surface area contributed by atoms with Crippen LogP contribution in [0.2, 0.25) is 0 Å². The Morgan fingerprint density at radius 3 is 2.90 bits per heavy atom. The fourth-order valence-corrected chi connectivity index (χ4v) is 2.81. The van der Waals surface area contributed by atoms with E-state index in [1.165, 1.54) is 16.7 Å². The van der Waals surface area contributed by atoms with E-state index in [1.807, 2.05) is 12.1 Å². The van der Waals surface area contributed by atoms with Crippen LogP contribution in [0.25, 0.3) is 0 Å². The summed E-state index contributed by atoms with van der Waals surface area (Å²) in [7, 11) is 1.69. The minimum absolute atomic E-state index is 0.122. The van der Waals surface area contributed by atoms with Gasteiger partial charge in [-0.3, -0.25) is 0 Å². The molecule has 110 valence electrons. The normalized spacial score (nSPS) is 17.1. The highest BCUT2D eigenvalue weighted by molar-refractivity contribution is 5.53. The van der Waals surface area contributed by atoms with Crippen molar-refractivity contribution in [3.05, 3.63) is 59.2 Å². The molecule has 1 atom stereocenters. The van der Waals surface area contributed by atoms with Crippen molar-refractivity contribution in [1.29, 1.82) is 0 Å². The fraction of sp³-hybridized carbons (Fsp3) is 0.333. The average Bonchev–Trinajstić information content (AvgIpc) is 2.53. The molecule has 0 spiro atoms. The number of nitrogens with one attached hydrogen (secondary N) is 1. The number of ether oxygens (including phenoxy) is 2. The van der Waals surface area contributed by atoms with Crippen molar-refractivity contribution in [3.8, 4) is 5.75 Å². The van der Waals surface area contributed by atoms with Crippen LogP contribution in [-0.4, -0.2) is 20.3 Å². The lowest BCUT2D eigenvalue weighted by atomic mass is 9.97. The summed E-state index contributed by atoms with van der Waals surface area (Å²) in [5.41, 5.74) is 5.02. The van der Waals surface area contributed by atoms with Gasteiger partial charge in [-0.15, -0.1) is 0 Å². The van der Waals surface area contributed by atoms with Gasteiger partial charge in [0.2, 0.25) is 0 Å². The number of rotatable bonds is 4. The number of benzene rings is 2. The molecule has 0 aliphatic carbocycles. The van der Waals surface area contributed by atoms with Gasteiger partial charge in [-0.1, -0.05) is 24.3 Å². The first-order valence-electron chi connectivity index (χ1n) is 7.36. The van der Waals surface area contributed by atoms with Gasteiger partial charge < -0.3 is 14.8 Å². The zero-order valence-corrected chi connectivity index (χ0v) is 12.6. The molecule has 3 nitrogen and oxygen atoms in total. The molecule has 1 N–H and O–H groups in total. The minimum Gasteiger partial charge on any atom is -0.497 e. The van der Waals surface area contributed by atoms with Crippen molar-refractivity contribution in [3.63, 3.8) is 0 Å². The Hall–Kier alpha value is -2.00. The number of hydrogen-bond donors (Lipinski definition) is 1. The van der Waals surface area contributed by atoms with Crippen molar-refractivity contribution in [2.75, 3.05) is 25.6 Å². The number of fused-ring (bicyclic) bond motifs is 1. The quantitative estimate of drug-likeness (QED) is 0.927. The molecule has 0 saturated carbocycles. The standard InChI is InChI=1S/C18H21NO2/c1-13-11-15(20-2)7-8-17(13)19-12-18-16-6-4-3-5-14(16)9-10-21-18/h3-8,11,18-19H,9-10,12H2,1-2H3. The zero-order chi connectivity index (χ0) is 14.7. The minimum atomic E-state index is 0.122. The first kappa shape index (κ1) is 14.0. The third-order valence-electron chi connectivity index (χ3n) is 4.00. The average molecular weight is 283 g/mol. The lowest BCUT2D eigenvalue weighted by molar-refractivity contribution is 0.0513. The first-order chi connectivity index (χ1) is 10.3. The van der Waals surface area contributed by atoms with Crippen LogP contribution >= 0.6 is 0 Å². The Bertz CT molecular complexity index is 624.